The van der Waals surface area contributed by atoms with E-state index in [0.29, 0.717) is 17.3 Å². The second-order valence-corrected chi connectivity index (χ2v) is 3.97. The summed E-state index contributed by atoms with van der Waals surface area (Å²) in [5.74, 6) is -0.0890. The average molecular weight is 243 g/mol. The number of likely N-dealkylation sites (N-methyl/N-ethyl adjacent to an activating group) is 1. The minimum Gasteiger partial charge on any atom is -0.383 e. The zero-order chi connectivity index (χ0) is 12.1. The van der Waals surface area contributed by atoms with Crippen LogP contribution in [0.5, 0.6) is 0 Å². The van der Waals surface area contributed by atoms with Crippen LogP contribution in [0.1, 0.15) is 17.3 Å². The van der Waals surface area contributed by atoms with Crippen LogP contribution in [0.4, 0.5) is 0 Å². The molecule has 0 N–H and O–H groups in total. The van der Waals surface area contributed by atoms with E-state index in [2.05, 4.69) is 4.98 Å². The monoisotopic (exact) mass is 242 g/mol. The molecule has 1 aromatic heterocycles. The van der Waals surface area contributed by atoms with E-state index < -0.39 is 0 Å². The van der Waals surface area contributed by atoms with Crippen LogP contribution >= 0.6 is 11.6 Å². The first kappa shape index (κ1) is 12.9. The molecule has 0 bridgehead atoms. The van der Waals surface area contributed by atoms with Gasteiger partial charge in [-0.25, -0.2) is 4.98 Å². The highest BCUT2D eigenvalue weighted by Crippen LogP contribution is 2.10. The quantitative estimate of drug-likeness (QED) is 0.757. The van der Waals surface area contributed by atoms with E-state index >= 15 is 0 Å². The molecule has 88 valence electrons. The van der Waals surface area contributed by atoms with Crippen LogP contribution in [0.3, 0.4) is 0 Å². The lowest BCUT2D eigenvalue weighted by Gasteiger charge is -2.24. The van der Waals surface area contributed by atoms with Crippen molar-refractivity contribution in [3.63, 3.8) is 0 Å². The molecule has 0 unspecified atom stereocenters. The highest BCUT2D eigenvalue weighted by atomic mass is 35.5. The fourth-order valence-corrected chi connectivity index (χ4v) is 1.47. The number of nitrogens with zero attached hydrogens (tertiary/aromatic N) is 2. The number of rotatable bonds is 4. The Labute approximate surface area is 100 Å². The molecule has 0 radical (unpaired) electrons. The molecule has 0 aliphatic heterocycles. The standard InChI is InChI=1S/C11H15ClN2O2/c1-8(7-16-3)14(2)11(15)9-4-5-13-10(12)6-9/h4-6,8H,7H2,1-3H3/t8-/m0/s1. The molecule has 0 saturated heterocycles. The third-order valence-electron chi connectivity index (χ3n) is 2.36. The van der Waals surface area contributed by atoms with Gasteiger partial charge in [0.25, 0.3) is 5.91 Å². The fraction of sp³-hybridized carbons (Fsp3) is 0.455. The number of amides is 1. The number of pyridine rings is 1. The lowest BCUT2D eigenvalue weighted by atomic mass is 10.2. The van der Waals surface area contributed by atoms with Gasteiger partial charge in [-0.3, -0.25) is 4.79 Å². The van der Waals surface area contributed by atoms with Gasteiger partial charge in [0, 0.05) is 25.9 Å². The van der Waals surface area contributed by atoms with Crippen molar-refractivity contribution in [2.45, 2.75) is 13.0 Å². The van der Waals surface area contributed by atoms with E-state index in [4.69, 9.17) is 16.3 Å². The highest BCUT2D eigenvalue weighted by molar-refractivity contribution is 6.29. The molecule has 16 heavy (non-hydrogen) atoms. The second-order valence-electron chi connectivity index (χ2n) is 3.59. The predicted molar refractivity (Wildman–Crippen MR) is 62.7 cm³/mol. The van der Waals surface area contributed by atoms with Crippen molar-refractivity contribution in [1.29, 1.82) is 0 Å². The number of carbonyl (C=O) groups excluding carboxylic acids is 1. The normalized spacial score (nSPS) is 12.2. The van der Waals surface area contributed by atoms with Crippen LogP contribution in [-0.4, -0.2) is 42.6 Å². The van der Waals surface area contributed by atoms with Crippen molar-refractivity contribution in [1.82, 2.24) is 9.88 Å². The minimum absolute atomic E-state index is 0.0180. The Morgan fingerprint density at radius 3 is 2.94 bits per heavy atom. The van der Waals surface area contributed by atoms with Gasteiger partial charge in [0.05, 0.1) is 12.6 Å². The molecular weight excluding hydrogens is 228 g/mol. The van der Waals surface area contributed by atoms with Gasteiger partial charge in [-0.2, -0.15) is 0 Å². The molecule has 0 spiro atoms. The summed E-state index contributed by atoms with van der Waals surface area (Å²) in [7, 11) is 3.35. The van der Waals surface area contributed by atoms with Crippen molar-refractivity contribution in [2.75, 3.05) is 20.8 Å². The van der Waals surface area contributed by atoms with E-state index in [1.807, 2.05) is 6.92 Å². The van der Waals surface area contributed by atoms with Crippen LogP contribution in [0.25, 0.3) is 0 Å². The first-order chi connectivity index (χ1) is 7.56. The molecule has 4 nitrogen and oxygen atoms in total. The van der Waals surface area contributed by atoms with E-state index in [1.165, 1.54) is 6.20 Å². The van der Waals surface area contributed by atoms with Gasteiger partial charge in [-0.1, -0.05) is 11.6 Å². The molecule has 1 heterocycles. The SMILES string of the molecule is COC[C@H](C)N(C)C(=O)c1ccnc(Cl)c1. The van der Waals surface area contributed by atoms with Gasteiger partial charge in [-0.05, 0) is 19.1 Å². The summed E-state index contributed by atoms with van der Waals surface area (Å²) in [6, 6.07) is 3.22. The van der Waals surface area contributed by atoms with Gasteiger partial charge in [0.15, 0.2) is 0 Å². The van der Waals surface area contributed by atoms with Crippen LogP contribution in [-0.2, 0) is 4.74 Å². The third kappa shape index (κ3) is 3.18. The molecule has 0 saturated carbocycles. The smallest absolute Gasteiger partial charge is 0.254 e. The lowest BCUT2D eigenvalue weighted by Crippen LogP contribution is -2.37. The molecule has 1 atom stereocenters. The van der Waals surface area contributed by atoms with Crippen molar-refractivity contribution >= 4 is 17.5 Å². The van der Waals surface area contributed by atoms with Gasteiger partial charge >= 0.3 is 0 Å². The molecule has 1 rings (SSSR count). The summed E-state index contributed by atoms with van der Waals surface area (Å²) in [5, 5.41) is 0.318. The summed E-state index contributed by atoms with van der Waals surface area (Å²) >= 11 is 5.73. The molecule has 1 aromatic rings. The summed E-state index contributed by atoms with van der Waals surface area (Å²) in [6.45, 7) is 2.42. The van der Waals surface area contributed by atoms with Gasteiger partial charge in [0.2, 0.25) is 0 Å². The second kappa shape index (κ2) is 5.82. The van der Waals surface area contributed by atoms with E-state index in [9.17, 15) is 4.79 Å². The van der Waals surface area contributed by atoms with Crippen molar-refractivity contribution in [3.05, 3.63) is 29.0 Å². The number of ether oxygens (including phenoxy) is 1. The molecule has 1 amide bonds. The zero-order valence-electron chi connectivity index (χ0n) is 9.61. The third-order valence-corrected chi connectivity index (χ3v) is 2.57. The Bertz CT molecular complexity index is 371. The molecule has 0 aliphatic carbocycles. The summed E-state index contributed by atoms with van der Waals surface area (Å²) < 4.78 is 5.00. The average Bonchev–Trinajstić information content (AvgIpc) is 2.27. The summed E-state index contributed by atoms with van der Waals surface area (Å²) in [5.41, 5.74) is 0.533. The molecule has 0 aliphatic rings. The molecule has 0 aromatic carbocycles. The first-order valence-electron chi connectivity index (χ1n) is 4.94. The number of methoxy groups -OCH3 is 1. The number of halogens is 1. The Morgan fingerprint density at radius 1 is 1.69 bits per heavy atom. The number of aromatic nitrogens is 1. The molecule has 5 heteroatoms. The largest absolute Gasteiger partial charge is 0.383 e. The number of hydrogen-bond donors (Lipinski definition) is 0. The maximum atomic E-state index is 12.0. The molecular formula is C11H15ClN2O2. The summed E-state index contributed by atoms with van der Waals surface area (Å²) in [4.78, 5) is 17.5. The van der Waals surface area contributed by atoms with E-state index in [1.54, 1.807) is 31.2 Å². The van der Waals surface area contributed by atoms with Crippen molar-refractivity contribution in [2.24, 2.45) is 0 Å². The number of carbonyl (C=O) groups is 1. The first-order valence-corrected chi connectivity index (χ1v) is 5.31. The maximum absolute atomic E-state index is 12.0. The minimum atomic E-state index is -0.0890. The van der Waals surface area contributed by atoms with Gasteiger partial charge in [0.1, 0.15) is 5.15 Å². The zero-order valence-corrected chi connectivity index (χ0v) is 10.4. The highest BCUT2D eigenvalue weighted by Gasteiger charge is 2.17. The fourth-order valence-electron chi connectivity index (χ4n) is 1.29. The molecule has 0 fully saturated rings. The van der Waals surface area contributed by atoms with Crippen LogP contribution < -0.4 is 0 Å². The van der Waals surface area contributed by atoms with E-state index in [-0.39, 0.29) is 11.9 Å². The van der Waals surface area contributed by atoms with Crippen molar-refractivity contribution in [3.8, 4) is 0 Å². The summed E-state index contributed by atoms with van der Waals surface area (Å²) in [6.07, 6.45) is 1.52. The van der Waals surface area contributed by atoms with E-state index in [0.717, 1.165) is 0 Å². The Hall–Kier alpha value is -1.13. The van der Waals surface area contributed by atoms with Crippen LogP contribution in [0, 0.1) is 0 Å². The number of hydrogen-bond acceptors (Lipinski definition) is 3. The maximum Gasteiger partial charge on any atom is 0.254 e. The van der Waals surface area contributed by atoms with Gasteiger partial charge in [-0.15, -0.1) is 0 Å². The lowest BCUT2D eigenvalue weighted by molar-refractivity contribution is 0.0633. The van der Waals surface area contributed by atoms with Gasteiger partial charge < -0.3 is 9.64 Å². The van der Waals surface area contributed by atoms with Crippen molar-refractivity contribution < 1.29 is 9.53 Å². The Balaban J connectivity index is 2.77. The van der Waals surface area contributed by atoms with Crippen LogP contribution in [0.15, 0.2) is 18.3 Å². The predicted octanol–water partition coefficient (Wildman–Crippen LogP) is 1.84. The topological polar surface area (TPSA) is 42.4 Å². The Kier molecular flexibility index (Phi) is 4.71. The Morgan fingerprint density at radius 2 is 2.38 bits per heavy atom. The van der Waals surface area contributed by atoms with Crippen LogP contribution in [0.2, 0.25) is 5.15 Å².